The molecule has 8 heteroatoms. The summed E-state index contributed by atoms with van der Waals surface area (Å²) in [6, 6.07) is 18.0. The average molecular weight is 543 g/mol. The van der Waals surface area contributed by atoms with Crippen molar-refractivity contribution in [3.8, 4) is 0 Å². The number of hydrogen-bond donors (Lipinski definition) is 1. The fraction of sp³-hybridized carbons (Fsp3) is 0.448. The molecule has 200 valence electrons. The molecule has 37 heavy (non-hydrogen) atoms. The van der Waals surface area contributed by atoms with E-state index in [2.05, 4.69) is 43.4 Å². The van der Waals surface area contributed by atoms with Gasteiger partial charge in [-0.05, 0) is 45.2 Å². The van der Waals surface area contributed by atoms with Gasteiger partial charge in [0.1, 0.15) is 6.29 Å². The van der Waals surface area contributed by atoms with E-state index in [1.807, 2.05) is 30.3 Å². The Morgan fingerprint density at radius 2 is 1.59 bits per heavy atom. The van der Waals surface area contributed by atoms with Gasteiger partial charge in [-0.1, -0.05) is 78.2 Å². The number of benzene rings is 2. The van der Waals surface area contributed by atoms with Gasteiger partial charge in [-0.3, -0.25) is 19.3 Å². The Bertz CT molecular complexity index is 972. The number of thioether (sulfide) groups is 2. The van der Waals surface area contributed by atoms with Crippen molar-refractivity contribution in [2.75, 3.05) is 12.3 Å². The Labute approximate surface area is 229 Å². The Balaban J connectivity index is 0.000000232. The number of hydrogen-bond acceptors (Lipinski definition) is 6. The summed E-state index contributed by atoms with van der Waals surface area (Å²) in [5.74, 6) is 0.421. The van der Waals surface area contributed by atoms with Gasteiger partial charge in [0.05, 0.1) is 6.04 Å². The highest BCUT2D eigenvalue weighted by Crippen LogP contribution is 2.29. The van der Waals surface area contributed by atoms with E-state index in [9.17, 15) is 19.2 Å². The largest absolute Gasteiger partial charge is 0.337 e. The lowest BCUT2D eigenvalue weighted by atomic mass is 10.2. The van der Waals surface area contributed by atoms with Crippen molar-refractivity contribution >= 4 is 46.9 Å². The topological polar surface area (TPSA) is 83.6 Å². The van der Waals surface area contributed by atoms with Gasteiger partial charge in [0.25, 0.3) is 5.24 Å². The molecular weight excluding hydrogens is 504 g/mol. The van der Waals surface area contributed by atoms with Gasteiger partial charge >= 0.3 is 0 Å². The van der Waals surface area contributed by atoms with Crippen LogP contribution in [-0.2, 0) is 14.4 Å². The number of imide groups is 1. The number of nitrogens with one attached hydrogen (secondary N) is 1. The minimum Gasteiger partial charge on any atom is -0.337 e. The van der Waals surface area contributed by atoms with Crippen LogP contribution in [0.15, 0.2) is 59.5 Å². The molecule has 1 aliphatic carbocycles. The number of nitrogens with zero attached hydrogens (tertiary/aromatic N) is 1. The molecule has 1 saturated heterocycles. The highest BCUT2D eigenvalue weighted by Gasteiger charge is 2.23. The van der Waals surface area contributed by atoms with Crippen molar-refractivity contribution in [1.82, 2.24) is 10.2 Å². The molecule has 1 aliphatic heterocycles. The molecule has 2 aromatic carbocycles. The summed E-state index contributed by atoms with van der Waals surface area (Å²) in [5.41, 5.74) is 2.66. The summed E-state index contributed by atoms with van der Waals surface area (Å²) in [4.78, 5) is 46.6. The molecule has 1 heterocycles. The monoisotopic (exact) mass is 542 g/mol. The van der Waals surface area contributed by atoms with Crippen molar-refractivity contribution < 1.29 is 19.2 Å². The normalized spacial score (nSPS) is 15.6. The highest BCUT2D eigenvalue weighted by molar-refractivity contribution is 8.14. The summed E-state index contributed by atoms with van der Waals surface area (Å²) in [5, 5.41) is 3.17. The molecule has 0 bridgehead atoms. The van der Waals surface area contributed by atoms with Gasteiger partial charge in [-0.15, -0.1) is 11.8 Å². The number of aryl methyl sites for hydroxylation is 2. The molecule has 4 rings (SSSR count). The molecular formula is C29H38N2O4S2. The van der Waals surface area contributed by atoms with E-state index in [1.165, 1.54) is 47.6 Å². The maximum absolute atomic E-state index is 11.9. The minimum atomic E-state index is -0.415. The van der Waals surface area contributed by atoms with Crippen molar-refractivity contribution in [3.63, 3.8) is 0 Å². The van der Waals surface area contributed by atoms with Crippen LogP contribution in [0.5, 0.6) is 0 Å². The first-order valence-corrected chi connectivity index (χ1v) is 14.6. The predicted molar refractivity (Wildman–Crippen MR) is 153 cm³/mol. The van der Waals surface area contributed by atoms with Gasteiger partial charge in [0, 0.05) is 35.8 Å². The van der Waals surface area contributed by atoms with Crippen molar-refractivity contribution in [2.45, 2.75) is 75.5 Å². The molecule has 1 unspecified atom stereocenters. The van der Waals surface area contributed by atoms with Gasteiger partial charge < -0.3 is 10.1 Å². The third-order valence-electron chi connectivity index (χ3n) is 5.89. The summed E-state index contributed by atoms with van der Waals surface area (Å²) in [7, 11) is 0. The quantitative estimate of drug-likeness (QED) is 0.346. The van der Waals surface area contributed by atoms with E-state index < -0.39 is 6.04 Å². The van der Waals surface area contributed by atoms with E-state index >= 15 is 0 Å². The van der Waals surface area contributed by atoms with Crippen molar-refractivity contribution in [1.29, 1.82) is 0 Å². The lowest BCUT2D eigenvalue weighted by molar-refractivity contribution is -0.140. The molecule has 2 aliphatic rings. The zero-order chi connectivity index (χ0) is 27.0. The molecule has 0 spiro atoms. The predicted octanol–water partition coefficient (Wildman–Crippen LogP) is 6.19. The summed E-state index contributed by atoms with van der Waals surface area (Å²) < 4.78 is 0. The number of likely N-dealkylation sites (tertiary alicyclic amines) is 1. The number of aldehydes is 1. The molecule has 2 aromatic rings. The van der Waals surface area contributed by atoms with Crippen LogP contribution in [-0.4, -0.2) is 51.8 Å². The standard InChI is InChI=1S/C15H19NO2S2.C8H10.C6H9NO2/c17-10-12(11-19-13-6-2-1-3-7-13)16-15(18)20-14-8-4-5-9-14;1-7-3-5-8(2)6-4-7;1-5(8)7-4-2-3-6(7)9/h1-3,6-7,10,12,14H,4-5,8-9,11H2,(H,16,18);3-6H,1-2H3;2-4H2,1H3. The molecule has 1 atom stereocenters. The van der Waals surface area contributed by atoms with E-state index in [0.29, 0.717) is 24.0 Å². The van der Waals surface area contributed by atoms with E-state index in [4.69, 9.17) is 0 Å². The number of amides is 3. The molecule has 6 nitrogen and oxygen atoms in total. The van der Waals surface area contributed by atoms with E-state index in [0.717, 1.165) is 30.4 Å². The van der Waals surface area contributed by atoms with E-state index in [1.54, 1.807) is 11.8 Å². The number of carbonyl (C=O) groups excluding carboxylic acids is 4. The van der Waals surface area contributed by atoms with E-state index in [-0.39, 0.29) is 17.1 Å². The second-order valence-electron chi connectivity index (χ2n) is 9.15. The zero-order valence-electron chi connectivity index (χ0n) is 22.0. The molecule has 3 amide bonds. The van der Waals surface area contributed by atoms with Crippen LogP contribution in [0.25, 0.3) is 0 Å². The van der Waals surface area contributed by atoms with Crippen LogP contribution in [0.3, 0.4) is 0 Å². The second-order valence-corrected chi connectivity index (χ2v) is 11.5. The molecule has 1 N–H and O–H groups in total. The van der Waals surface area contributed by atoms with Gasteiger partial charge in [-0.25, -0.2) is 0 Å². The molecule has 0 radical (unpaired) electrons. The second kappa shape index (κ2) is 17.0. The smallest absolute Gasteiger partial charge is 0.279 e. The Morgan fingerprint density at radius 1 is 1.00 bits per heavy atom. The van der Waals surface area contributed by atoms with Crippen LogP contribution < -0.4 is 5.32 Å². The van der Waals surface area contributed by atoms with Crippen LogP contribution >= 0.6 is 23.5 Å². The third-order valence-corrected chi connectivity index (χ3v) is 8.16. The van der Waals surface area contributed by atoms with Gasteiger partial charge in [0.2, 0.25) is 11.8 Å². The van der Waals surface area contributed by atoms with Crippen LogP contribution in [0.2, 0.25) is 0 Å². The summed E-state index contributed by atoms with van der Waals surface area (Å²) in [6.45, 7) is 6.23. The first kappa shape index (κ1) is 30.6. The van der Waals surface area contributed by atoms with Crippen LogP contribution in [0.4, 0.5) is 4.79 Å². The Hall–Kier alpha value is -2.58. The lowest BCUT2D eigenvalue weighted by Gasteiger charge is -2.14. The maximum Gasteiger partial charge on any atom is 0.279 e. The maximum atomic E-state index is 11.9. The minimum absolute atomic E-state index is 0.0255. The van der Waals surface area contributed by atoms with Crippen LogP contribution in [0.1, 0.15) is 56.6 Å². The SMILES string of the molecule is CC(=O)N1CCCC1=O.Cc1ccc(C)cc1.O=CC(CSc1ccccc1)NC(=O)SC1CCCC1. The van der Waals surface area contributed by atoms with Gasteiger partial charge in [-0.2, -0.15) is 0 Å². The molecule has 1 saturated carbocycles. The number of rotatable bonds is 6. The fourth-order valence-electron chi connectivity index (χ4n) is 3.78. The fourth-order valence-corrected chi connectivity index (χ4v) is 5.75. The summed E-state index contributed by atoms with van der Waals surface area (Å²) in [6.07, 6.45) is 6.85. The van der Waals surface area contributed by atoms with Crippen molar-refractivity contribution in [2.24, 2.45) is 0 Å². The Kier molecular flexibility index (Phi) is 14.1. The molecule has 2 fully saturated rings. The third kappa shape index (κ3) is 12.5. The highest BCUT2D eigenvalue weighted by atomic mass is 32.2. The lowest BCUT2D eigenvalue weighted by Crippen LogP contribution is -2.36. The Morgan fingerprint density at radius 3 is 2.05 bits per heavy atom. The first-order valence-electron chi connectivity index (χ1n) is 12.7. The van der Waals surface area contributed by atoms with Crippen LogP contribution in [0, 0.1) is 13.8 Å². The summed E-state index contributed by atoms with van der Waals surface area (Å²) >= 11 is 2.94. The molecule has 0 aromatic heterocycles. The number of carbonyl (C=O) groups is 4. The average Bonchev–Trinajstić information content (AvgIpc) is 3.56. The first-order chi connectivity index (χ1) is 17.8. The van der Waals surface area contributed by atoms with Crippen molar-refractivity contribution in [3.05, 3.63) is 65.7 Å². The zero-order valence-corrected chi connectivity index (χ0v) is 23.6. The van der Waals surface area contributed by atoms with Gasteiger partial charge in [0.15, 0.2) is 0 Å².